The Bertz CT molecular complexity index is 1580. The van der Waals surface area contributed by atoms with Gasteiger partial charge in [0.25, 0.3) is 5.91 Å². The Hall–Kier alpha value is -4.43. The molecule has 1 unspecified atom stereocenters. The molecule has 2 aliphatic rings. The highest BCUT2D eigenvalue weighted by Gasteiger charge is 2.41. The molecular formula is C32H30ClN3O5. The molecule has 0 saturated heterocycles. The van der Waals surface area contributed by atoms with Crippen molar-refractivity contribution in [2.24, 2.45) is 0 Å². The number of benzene rings is 3. The van der Waals surface area contributed by atoms with Crippen LogP contribution in [0.4, 0.5) is 5.69 Å². The molecule has 0 spiro atoms. The van der Waals surface area contributed by atoms with Gasteiger partial charge in [0.2, 0.25) is 5.91 Å². The lowest BCUT2D eigenvalue weighted by molar-refractivity contribution is -0.137. The Morgan fingerprint density at radius 2 is 1.63 bits per heavy atom. The summed E-state index contributed by atoms with van der Waals surface area (Å²) in [5, 5.41) is 0.587. The van der Waals surface area contributed by atoms with Gasteiger partial charge in [-0.1, -0.05) is 23.7 Å². The molecular weight excluding hydrogens is 542 g/mol. The van der Waals surface area contributed by atoms with E-state index in [1.807, 2.05) is 60.8 Å². The lowest BCUT2D eigenvalue weighted by atomic mass is 9.96. The van der Waals surface area contributed by atoms with E-state index >= 15 is 0 Å². The fourth-order valence-electron chi connectivity index (χ4n) is 5.40. The number of aromatic nitrogens is 1. The Kier molecular flexibility index (Phi) is 7.32. The van der Waals surface area contributed by atoms with Gasteiger partial charge in [-0.25, -0.2) is 0 Å². The molecule has 0 radical (unpaired) electrons. The van der Waals surface area contributed by atoms with Gasteiger partial charge in [-0.3, -0.25) is 14.5 Å². The van der Waals surface area contributed by atoms with Crippen LogP contribution in [-0.2, 0) is 9.59 Å². The Labute approximate surface area is 243 Å². The molecule has 2 heterocycles. The van der Waals surface area contributed by atoms with Crippen LogP contribution in [0.2, 0.25) is 5.02 Å². The molecule has 2 amide bonds. The van der Waals surface area contributed by atoms with Crippen LogP contribution in [0.1, 0.15) is 30.1 Å². The molecule has 0 N–H and O–H groups in total. The lowest BCUT2D eigenvalue weighted by Gasteiger charge is -2.40. The predicted molar refractivity (Wildman–Crippen MR) is 156 cm³/mol. The minimum absolute atomic E-state index is 0.00830. The Morgan fingerprint density at radius 1 is 0.902 bits per heavy atom. The number of hydrogen-bond acceptors (Lipinski definition) is 5. The van der Waals surface area contributed by atoms with Gasteiger partial charge in [-0.15, -0.1) is 0 Å². The maximum absolute atomic E-state index is 14.4. The van der Waals surface area contributed by atoms with Gasteiger partial charge < -0.3 is 23.7 Å². The van der Waals surface area contributed by atoms with E-state index in [9.17, 15) is 9.59 Å². The number of rotatable bonds is 9. The van der Waals surface area contributed by atoms with Crippen LogP contribution in [0.3, 0.4) is 0 Å². The third-order valence-electron chi connectivity index (χ3n) is 7.51. The zero-order valence-electron chi connectivity index (χ0n) is 22.8. The molecule has 3 aromatic carbocycles. The topological polar surface area (TPSA) is 73.2 Å². The first-order valence-corrected chi connectivity index (χ1v) is 13.8. The molecule has 1 saturated carbocycles. The molecule has 8 nitrogen and oxygen atoms in total. The number of para-hydroxylation sites is 2. The summed E-state index contributed by atoms with van der Waals surface area (Å²) in [5.41, 5.74) is 3.31. The van der Waals surface area contributed by atoms with Gasteiger partial charge in [-0.2, -0.15) is 0 Å². The van der Waals surface area contributed by atoms with Gasteiger partial charge in [0.15, 0.2) is 6.61 Å². The van der Waals surface area contributed by atoms with Crippen molar-refractivity contribution in [1.29, 1.82) is 0 Å². The van der Waals surface area contributed by atoms with Crippen LogP contribution in [0.15, 0.2) is 85.1 Å². The molecule has 9 heteroatoms. The van der Waals surface area contributed by atoms with Crippen molar-refractivity contribution in [3.63, 3.8) is 0 Å². The first-order valence-electron chi connectivity index (χ1n) is 13.5. The van der Waals surface area contributed by atoms with Crippen LogP contribution in [0.5, 0.6) is 17.2 Å². The summed E-state index contributed by atoms with van der Waals surface area (Å²) in [4.78, 5) is 31.2. The summed E-state index contributed by atoms with van der Waals surface area (Å²) in [6, 6.07) is 23.7. The fourth-order valence-corrected chi connectivity index (χ4v) is 5.52. The number of nitrogens with zero attached hydrogens (tertiary/aromatic N) is 3. The standard InChI is InChI=1S/C32H30ClN3O5/c1-39-24-15-16-29(40-2)25(18-24)32-28-8-5-17-34(28)26-6-3-4-7-27(26)36(32)30(37)19-35(22-11-12-22)31(38)20-41-23-13-9-21(33)10-14-23/h3-10,13-18,22,32H,11-12,19-20H2,1-2H3. The monoisotopic (exact) mass is 571 g/mol. The minimum Gasteiger partial charge on any atom is -0.497 e. The van der Waals surface area contributed by atoms with Crippen molar-refractivity contribution in [2.45, 2.75) is 24.9 Å². The number of fused-ring (bicyclic) bond motifs is 3. The predicted octanol–water partition coefficient (Wildman–Crippen LogP) is 5.65. The minimum atomic E-state index is -0.515. The van der Waals surface area contributed by atoms with Crippen molar-refractivity contribution >= 4 is 29.1 Å². The molecule has 1 fully saturated rings. The average Bonchev–Trinajstić information content (AvgIpc) is 3.73. The second-order valence-electron chi connectivity index (χ2n) is 10.1. The number of hydrogen-bond donors (Lipinski definition) is 0. The lowest BCUT2D eigenvalue weighted by Crippen LogP contribution is -2.48. The van der Waals surface area contributed by atoms with Crippen molar-refractivity contribution < 1.29 is 23.8 Å². The number of carbonyl (C=O) groups excluding carboxylic acids is 2. The summed E-state index contributed by atoms with van der Waals surface area (Å²) in [6.07, 6.45) is 3.70. The molecule has 1 aliphatic carbocycles. The Balaban J connectivity index is 1.35. The fraction of sp³-hybridized carbons (Fsp3) is 0.250. The van der Waals surface area contributed by atoms with E-state index in [-0.39, 0.29) is 31.0 Å². The largest absolute Gasteiger partial charge is 0.497 e. The second-order valence-corrected chi connectivity index (χ2v) is 10.5. The van der Waals surface area contributed by atoms with E-state index in [0.717, 1.165) is 35.5 Å². The van der Waals surface area contributed by atoms with E-state index in [1.54, 1.807) is 48.3 Å². The summed E-state index contributed by atoms with van der Waals surface area (Å²) in [6.45, 7) is -0.247. The van der Waals surface area contributed by atoms with Crippen LogP contribution in [0.25, 0.3) is 5.69 Å². The van der Waals surface area contributed by atoms with Crippen molar-refractivity contribution in [1.82, 2.24) is 9.47 Å². The van der Waals surface area contributed by atoms with E-state index in [4.69, 9.17) is 25.8 Å². The van der Waals surface area contributed by atoms with Gasteiger partial charge >= 0.3 is 0 Å². The van der Waals surface area contributed by atoms with E-state index in [0.29, 0.717) is 22.3 Å². The summed E-state index contributed by atoms with van der Waals surface area (Å²) >= 11 is 5.97. The number of halogens is 1. The first kappa shape index (κ1) is 26.8. The van der Waals surface area contributed by atoms with Crippen molar-refractivity contribution in [3.8, 4) is 22.9 Å². The van der Waals surface area contributed by atoms with Crippen LogP contribution < -0.4 is 19.1 Å². The summed E-state index contributed by atoms with van der Waals surface area (Å²) in [5.74, 6) is 1.39. The van der Waals surface area contributed by atoms with Crippen LogP contribution in [0, 0.1) is 0 Å². The highest BCUT2D eigenvalue weighted by atomic mass is 35.5. The van der Waals surface area contributed by atoms with Crippen LogP contribution >= 0.6 is 11.6 Å². The third kappa shape index (κ3) is 5.23. The maximum Gasteiger partial charge on any atom is 0.261 e. The maximum atomic E-state index is 14.4. The van der Waals surface area contributed by atoms with Crippen LogP contribution in [-0.4, -0.2) is 54.7 Å². The molecule has 210 valence electrons. The quantitative estimate of drug-likeness (QED) is 0.259. The smallest absolute Gasteiger partial charge is 0.261 e. The molecule has 1 aromatic heterocycles. The number of anilines is 1. The molecule has 1 atom stereocenters. The molecule has 1 aliphatic heterocycles. The number of amides is 2. The van der Waals surface area contributed by atoms with Gasteiger partial charge in [0.1, 0.15) is 29.8 Å². The molecule has 0 bridgehead atoms. The second kappa shape index (κ2) is 11.2. The highest BCUT2D eigenvalue weighted by Crippen LogP contribution is 2.45. The van der Waals surface area contributed by atoms with E-state index < -0.39 is 6.04 Å². The van der Waals surface area contributed by atoms with Crippen molar-refractivity contribution in [2.75, 3.05) is 32.3 Å². The zero-order chi connectivity index (χ0) is 28.5. The normalized spacial score (nSPS) is 15.5. The van der Waals surface area contributed by atoms with Gasteiger partial charge in [0.05, 0.1) is 31.3 Å². The summed E-state index contributed by atoms with van der Waals surface area (Å²) in [7, 11) is 3.22. The van der Waals surface area contributed by atoms with Gasteiger partial charge in [0, 0.05) is 22.8 Å². The van der Waals surface area contributed by atoms with Gasteiger partial charge in [-0.05, 0) is 79.6 Å². The molecule has 6 rings (SSSR count). The van der Waals surface area contributed by atoms with Crippen molar-refractivity contribution in [3.05, 3.63) is 101 Å². The zero-order valence-corrected chi connectivity index (χ0v) is 23.6. The molecule has 41 heavy (non-hydrogen) atoms. The number of methoxy groups -OCH3 is 2. The number of carbonyl (C=O) groups is 2. The Morgan fingerprint density at radius 3 is 2.34 bits per heavy atom. The molecule has 4 aromatic rings. The third-order valence-corrected chi connectivity index (χ3v) is 7.76. The van der Waals surface area contributed by atoms with E-state index in [1.165, 1.54) is 0 Å². The summed E-state index contributed by atoms with van der Waals surface area (Å²) < 4.78 is 19.1. The number of ether oxygens (including phenoxy) is 3. The first-order chi connectivity index (χ1) is 20.0. The SMILES string of the molecule is COc1ccc(OC)c(C2c3cccn3-c3ccccc3N2C(=O)CN(C(=O)COc2ccc(Cl)cc2)C2CC2)c1. The highest BCUT2D eigenvalue weighted by molar-refractivity contribution is 6.30. The average molecular weight is 572 g/mol. The van der Waals surface area contributed by atoms with E-state index in [2.05, 4.69) is 4.57 Å².